The lowest BCUT2D eigenvalue weighted by Gasteiger charge is -2.23. The summed E-state index contributed by atoms with van der Waals surface area (Å²) in [6.07, 6.45) is 0.827. The van der Waals surface area contributed by atoms with Gasteiger partial charge in [-0.15, -0.1) is 0 Å². The number of halogens is 1. The van der Waals surface area contributed by atoms with Gasteiger partial charge >= 0.3 is 0 Å². The van der Waals surface area contributed by atoms with E-state index in [2.05, 4.69) is 0 Å². The average molecular weight is 199 g/mol. The minimum absolute atomic E-state index is 0.0170. The van der Waals surface area contributed by atoms with Crippen LogP contribution in [0.5, 0.6) is 5.75 Å². The topological polar surface area (TPSA) is 61.3 Å². The lowest BCUT2D eigenvalue weighted by atomic mass is 10.0. The molecular formula is C9H11ClN2O. The summed E-state index contributed by atoms with van der Waals surface area (Å²) in [5.41, 5.74) is 13.1. The molecule has 0 unspecified atom stereocenters. The Bertz CT molecular complexity index is 341. The van der Waals surface area contributed by atoms with Gasteiger partial charge in [0, 0.05) is 24.1 Å². The standard InChI is InChI=1S/C9H11ClN2O/c10-6-4-9-5(3-8(6)12)7(11)1-2-13-9/h3-4,7H,1-2,11-12H2/t7-/m0/s1. The van der Waals surface area contributed by atoms with Gasteiger partial charge in [0.05, 0.1) is 17.3 Å². The van der Waals surface area contributed by atoms with Crippen molar-refractivity contribution in [3.05, 3.63) is 22.7 Å². The molecule has 0 fully saturated rings. The van der Waals surface area contributed by atoms with Crippen LogP contribution in [0.4, 0.5) is 5.69 Å². The molecule has 0 amide bonds. The molecule has 0 aromatic heterocycles. The van der Waals surface area contributed by atoms with Crippen LogP contribution in [0.3, 0.4) is 0 Å². The zero-order valence-electron chi connectivity index (χ0n) is 7.09. The maximum atomic E-state index is 5.89. The van der Waals surface area contributed by atoms with Crippen molar-refractivity contribution in [3.63, 3.8) is 0 Å². The normalized spacial score (nSPS) is 20.6. The maximum Gasteiger partial charge on any atom is 0.125 e. The minimum Gasteiger partial charge on any atom is -0.493 e. The molecular weight excluding hydrogens is 188 g/mol. The van der Waals surface area contributed by atoms with E-state index in [0.29, 0.717) is 17.3 Å². The largest absolute Gasteiger partial charge is 0.493 e. The number of ether oxygens (including phenoxy) is 1. The van der Waals surface area contributed by atoms with Gasteiger partial charge in [0.2, 0.25) is 0 Å². The van der Waals surface area contributed by atoms with Crippen molar-refractivity contribution in [1.82, 2.24) is 0 Å². The summed E-state index contributed by atoms with van der Waals surface area (Å²) < 4.78 is 5.41. The number of hydrogen-bond acceptors (Lipinski definition) is 3. The van der Waals surface area contributed by atoms with Gasteiger partial charge in [-0.2, -0.15) is 0 Å². The third-order valence-electron chi connectivity index (χ3n) is 2.22. The van der Waals surface area contributed by atoms with Crippen LogP contribution in [0.1, 0.15) is 18.0 Å². The predicted molar refractivity (Wildman–Crippen MR) is 52.9 cm³/mol. The van der Waals surface area contributed by atoms with Crippen molar-refractivity contribution < 1.29 is 4.74 Å². The molecule has 1 aliphatic heterocycles. The molecule has 0 aliphatic carbocycles. The molecule has 0 radical (unpaired) electrons. The van der Waals surface area contributed by atoms with Crippen LogP contribution < -0.4 is 16.2 Å². The molecule has 70 valence electrons. The highest BCUT2D eigenvalue weighted by molar-refractivity contribution is 6.33. The summed E-state index contributed by atoms with van der Waals surface area (Å²) in [5, 5.41) is 0.521. The van der Waals surface area contributed by atoms with E-state index < -0.39 is 0 Å². The zero-order chi connectivity index (χ0) is 9.42. The number of rotatable bonds is 0. The first-order chi connectivity index (χ1) is 6.18. The number of benzene rings is 1. The van der Waals surface area contributed by atoms with Crippen molar-refractivity contribution in [2.45, 2.75) is 12.5 Å². The number of nitrogens with two attached hydrogens (primary N) is 2. The SMILES string of the molecule is Nc1cc2c(cc1Cl)OCC[C@@H]2N. The zero-order valence-corrected chi connectivity index (χ0v) is 7.84. The van der Waals surface area contributed by atoms with Crippen molar-refractivity contribution in [2.24, 2.45) is 5.73 Å². The lowest BCUT2D eigenvalue weighted by Crippen LogP contribution is -2.20. The van der Waals surface area contributed by atoms with Crippen molar-refractivity contribution >= 4 is 17.3 Å². The molecule has 1 aliphatic rings. The molecule has 2 rings (SSSR count). The molecule has 4 heteroatoms. The summed E-state index contributed by atoms with van der Waals surface area (Å²) in [5.74, 6) is 0.762. The van der Waals surface area contributed by atoms with E-state index in [-0.39, 0.29) is 6.04 Å². The molecule has 4 N–H and O–H groups in total. The Kier molecular flexibility index (Phi) is 2.06. The van der Waals surface area contributed by atoms with E-state index in [4.69, 9.17) is 27.8 Å². The molecule has 1 aromatic carbocycles. The van der Waals surface area contributed by atoms with Gasteiger partial charge in [-0.3, -0.25) is 0 Å². The highest BCUT2D eigenvalue weighted by Crippen LogP contribution is 2.35. The van der Waals surface area contributed by atoms with Gasteiger partial charge in [-0.25, -0.2) is 0 Å². The highest BCUT2D eigenvalue weighted by Gasteiger charge is 2.19. The quantitative estimate of drug-likeness (QED) is 0.624. The first-order valence-corrected chi connectivity index (χ1v) is 4.53. The summed E-state index contributed by atoms with van der Waals surface area (Å²) in [6, 6.07) is 3.54. The minimum atomic E-state index is 0.0170. The fourth-order valence-electron chi connectivity index (χ4n) is 1.46. The van der Waals surface area contributed by atoms with Crippen LogP contribution in [0, 0.1) is 0 Å². The summed E-state index contributed by atoms with van der Waals surface area (Å²) in [6.45, 7) is 0.647. The second-order valence-electron chi connectivity index (χ2n) is 3.16. The molecule has 13 heavy (non-hydrogen) atoms. The van der Waals surface area contributed by atoms with Crippen LogP contribution in [0.2, 0.25) is 5.02 Å². The van der Waals surface area contributed by atoms with Gasteiger partial charge in [-0.1, -0.05) is 11.6 Å². The van der Waals surface area contributed by atoms with E-state index in [1.165, 1.54) is 0 Å². The monoisotopic (exact) mass is 198 g/mol. The maximum absolute atomic E-state index is 5.89. The smallest absolute Gasteiger partial charge is 0.125 e. The Morgan fingerprint density at radius 3 is 3.00 bits per heavy atom. The highest BCUT2D eigenvalue weighted by atomic mass is 35.5. The number of anilines is 1. The Balaban J connectivity index is 2.52. The van der Waals surface area contributed by atoms with Gasteiger partial charge in [0.15, 0.2) is 0 Å². The predicted octanol–water partition coefficient (Wildman–Crippen LogP) is 1.70. The van der Waals surface area contributed by atoms with Gasteiger partial charge in [-0.05, 0) is 6.07 Å². The van der Waals surface area contributed by atoms with Crippen LogP contribution in [-0.2, 0) is 0 Å². The number of fused-ring (bicyclic) bond motifs is 1. The third kappa shape index (κ3) is 1.45. The van der Waals surface area contributed by atoms with Gasteiger partial charge in [0.25, 0.3) is 0 Å². The Hall–Kier alpha value is -0.930. The fraction of sp³-hybridized carbons (Fsp3) is 0.333. The van der Waals surface area contributed by atoms with Crippen molar-refractivity contribution in [3.8, 4) is 5.75 Å². The molecule has 0 spiro atoms. The van der Waals surface area contributed by atoms with Gasteiger partial charge in [0.1, 0.15) is 5.75 Å². The number of nitrogen functional groups attached to an aromatic ring is 1. The second-order valence-corrected chi connectivity index (χ2v) is 3.56. The summed E-state index contributed by atoms with van der Waals surface area (Å²) in [7, 11) is 0. The van der Waals surface area contributed by atoms with Crippen LogP contribution in [-0.4, -0.2) is 6.61 Å². The average Bonchev–Trinajstić information content (AvgIpc) is 2.09. The van der Waals surface area contributed by atoms with E-state index in [9.17, 15) is 0 Å². The molecule has 0 bridgehead atoms. The molecule has 0 saturated heterocycles. The first-order valence-electron chi connectivity index (χ1n) is 4.16. The molecule has 1 atom stereocenters. The third-order valence-corrected chi connectivity index (χ3v) is 2.54. The van der Waals surface area contributed by atoms with Crippen molar-refractivity contribution in [1.29, 1.82) is 0 Å². The molecule has 3 nitrogen and oxygen atoms in total. The van der Waals surface area contributed by atoms with E-state index in [0.717, 1.165) is 17.7 Å². The first kappa shape index (κ1) is 8.66. The van der Waals surface area contributed by atoms with Crippen molar-refractivity contribution in [2.75, 3.05) is 12.3 Å². The molecule has 1 aromatic rings. The second kappa shape index (κ2) is 3.09. The Labute approximate surface area is 81.6 Å². The van der Waals surface area contributed by atoms with E-state index >= 15 is 0 Å². The molecule has 1 heterocycles. The number of hydrogen-bond donors (Lipinski definition) is 2. The van der Waals surface area contributed by atoms with Crippen LogP contribution in [0.15, 0.2) is 12.1 Å². The van der Waals surface area contributed by atoms with Gasteiger partial charge < -0.3 is 16.2 Å². The Morgan fingerprint density at radius 1 is 1.46 bits per heavy atom. The van der Waals surface area contributed by atoms with Crippen LogP contribution in [0.25, 0.3) is 0 Å². The summed E-state index contributed by atoms with van der Waals surface area (Å²) >= 11 is 5.85. The summed E-state index contributed by atoms with van der Waals surface area (Å²) in [4.78, 5) is 0. The van der Waals surface area contributed by atoms with E-state index in [1.54, 1.807) is 12.1 Å². The fourth-order valence-corrected chi connectivity index (χ4v) is 1.61. The van der Waals surface area contributed by atoms with E-state index in [1.807, 2.05) is 0 Å². The Morgan fingerprint density at radius 2 is 2.23 bits per heavy atom. The molecule has 0 saturated carbocycles. The lowest BCUT2D eigenvalue weighted by molar-refractivity contribution is 0.269. The van der Waals surface area contributed by atoms with Crippen LogP contribution >= 0.6 is 11.6 Å².